The predicted octanol–water partition coefficient (Wildman–Crippen LogP) is 4.69. The highest BCUT2D eigenvalue weighted by atomic mass is 35.5. The molecule has 0 saturated heterocycles. The Balaban J connectivity index is 1.89. The zero-order chi connectivity index (χ0) is 19.8. The fourth-order valence-electron chi connectivity index (χ4n) is 2.82. The Labute approximate surface area is 168 Å². The van der Waals surface area contributed by atoms with E-state index in [1.807, 2.05) is 0 Å². The van der Waals surface area contributed by atoms with Crippen molar-refractivity contribution >= 4 is 40.2 Å². The molecule has 4 rings (SSSR count). The van der Waals surface area contributed by atoms with Gasteiger partial charge >= 0.3 is 5.97 Å². The summed E-state index contributed by atoms with van der Waals surface area (Å²) >= 11 is 11.9. The van der Waals surface area contributed by atoms with Gasteiger partial charge in [0.1, 0.15) is 11.5 Å². The zero-order valence-electron chi connectivity index (χ0n) is 14.1. The molecule has 0 fully saturated rings. The Bertz CT molecular complexity index is 1230. The predicted molar refractivity (Wildman–Crippen MR) is 103 cm³/mol. The smallest absolute Gasteiger partial charge is 0.355 e. The number of benzene rings is 1. The lowest BCUT2D eigenvalue weighted by molar-refractivity contribution is 0.0693. The largest absolute Gasteiger partial charge is 0.476 e. The molecule has 28 heavy (non-hydrogen) atoms. The fourth-order valence-corrected chi connectivity index (χ4v) is 3.11. The van der Waals surface area contributed by atoms with E-state index in [9.17, 15) is 14.3 Å². The van der Waals surface area contributed by atoms with Crippen molar-refractivity contribution < 1.29 is 14.3 Å². The van der Waals surface area contributed by atoms with Gasteiger partial charge in [0.25, 0.3) is 0 Å². The van der Waals surface area contributed by atoms with E-state index >= 15 is 0 Å². The summed E-state index contributed by atoms with van der Waals surface area (Å²) < 4.78 is 15.6. The van der Waals surface area contributed by atoms with Crippen LogP contribution in [0.15, 0.2) is 48.8 Å². The number of pyridine rings is 1. The molecule has 0 bridgehead atoms. The number of hydrogen-bond acceptors (Lipinski definition) is 4. The lowest BCUT2D eigenvalue weighted by Gasteiger charge is -2.08. The third-order valence-corrected chi connectivity index (χ3v) is 4.80. The number of carbonyl (C=O) groups is 1. The second-order valence-electron chi connectivity index (χ2n) is 5.94. The van der Waals surface area contributed by atoms with Crippen LogP contribution in [-0.4, -0.2) is 30.6 Å². The van der Waals surface area contributed by atoms with Crippen molar-refractivity contribution in [2.45, 2.75) is 6.54 Å². The van der Waals surface area contributed by atoms with Gasteiger partial charge in [0.15, 0.2) is 11.5 Å². The van der Waals surface area contributed by atoms with Crippen molar-refractivity contribution in [1.29, 1.82) is 0 Å². The maximum Gasteiger partial charge on any atom is 0.355 e. The first-order valence-corrected chi connectivity index (χ1v) is 8.84. The first-order valence-electron chi connectivity index (χ1n) is 8.09. The minimum atomic E-state index is -1.21. The number of carboxylic acids is 1. The Morgan fingerprint density at radius 1 is 1.14 bits per heavy atom. The van der Waals surface area contributed by atoms with Crippen LogP contribution in [0.4, 0.5) is 4.39 Å². The Morgan fingerprint density at radius 3 is 2.68 bits per heavy atom. The molecule has 6 nitrogen and oxygen atoms in total. The van der Waals surface area contributed by atoms with Gasteiger partial charge in [0.2, 0.25) is 0 Å². The molecule has 0 radical (unpaired) electrons. The Morgan fingerprint density at radius 2 is 1.96 bits per heavy atom. The lowest BCUT2D eigenvalue weighted by Crippen LogP contribution is -2.07. The van der Waals surface area contributed by atoms with Crippen LogP contribution in [0, 0.1) is 5.82 Å². The number of fused-ring (bicyclic) bond motifs is 1. The standard InChI is InChI=1S/C19H11Cl2FN4O2/c20-12-4-3-10(8-14(12)22)17-24-16(19(27)28)11-5-7-26(18(11)25-17)9-15-13(21)2-1-6-23-15/h1-8H,9H2,(H,27,28). The molecule has 0 aliphatic rings. The van der Waals surface area contributed by atoms with Gasteiger partial charge in [-0.15, -0.1) is 0 Å². The van der Waals surface area contributed by atoms with Gasteiger partial charge in [-0.05, 0) is 36.4 Å². The van der Waals surface area contributed by atoms with E-state index in [-0.39, 0.29) is 23.1 Å². The summed E-state index contributed by atoms with van der Waals surface area (Å²) in [5.74, 6) is -1.78. The average molecular weight is 417 g/mol. The third-order valence-electron chi connectivity index (χ3n) is 4.15. The summed E-state index contributed by atoms with van der Waals surface area (Å²) in [5.41, 5.74) is 1.12. The number of nitrogens with zero attached hydrogens (tertiary/aromatic N) is 4. The molecule has 4 aromatic rings. The normalized spacial score (nSPS) is 11.1. The van der Waals surface area contributed by atoms with Crippen LogP contribution in [-0.2, 0) is 6.54 Å². The second-order valence-corrected chi connectivity index (χ2v) is 6.76. The summed E-state index contributed by atoms with van der Waals surface area (Å²) in [6.07, 6.45) is 3.30. The van der Waals surface area contributed by atoms with E-state index in [4.69, 9.17) is 23.2 Å². The number of halogens is 3. The summed E-state index contributed by atoms with van der Waals surface area (Å²) in [6.45, 7) is 0.285. The number of rotatable bonds is 4. The van der Waals surface area contributed by atoms with Gasteiger partial charge in [-0.25, -0.2) is 19.2 Å². The van der Waals surface area contributed by atoms with Crippen LogP contribution in [0.1, 0.15) is 16.2 Å². The van der Waals surface area contributed by atoms with Crippen molar-refractivity contribution in [3.63, 3.8) is 0 Å². The van der Waals surface area contributed by atoms with Crippen LogP contribution in [0.3, 0.4) is 0 Å². The van der Waals surface area contributed by atoms with Crippen LogP contribution < -0.4 is 0 Å². The molecular weight excluding hydrogens is 406 g/mol. The van der Waals surface area contributed by atoms with Gasteiger partial charge in [0.05, 0.1) is 27.7 Å². The molecule has 0 amide bonds. The second kappa shape index (κ2) is 7.18. The van der Waals surface area contributed by atoms with Crippen molar-refractivity contribution in [3.05, 3.63) is 76.0 Å². The number of carboxylic acid groups (broad SMARTS) is 1. The first-order chi connectivity index (χ1) is 13.4. The van der Waals surface area contributed by atoms with Crippen molar-refractivity contribution in [2.75, 3.05) is 0 Å². The van der Waals surface area contributed by atoms with E-state index in [2.05, 4.69) is 15.0 Å². The topological polar surface area (TPSA) is 80.9 Å². The number of aromatic nitrogens is 4. The van der Waals surface area contributed by atoms with Crippen LogP contribution in [0.2, 0.25) is 10.0 Å². The first kappa shape index (κ1) is 18.3. The van der Waals surface area contributed by atoms with Gasteiger partial charge < -0.3 is 9.67 Å². The Hall–Kier alpha value is -3.03. The minimum absolute atomic E-state index is 0.0449. The van der Waals surface area contributed by atoms with Crippen molar-refractivity contribution in [3.8, 4) is 11.4 Å². The zero-order valence-corrected chi connectivity index (χ0v) is 15.6. The van der Waals surface area contributed by atoms with E-state index in [0.29, 0.717) is 27.3 Å². The maximum atomic E-state index is 13.9. The highest BCUT2D eigenvalue weighted by molar-refractivity contribution is 6.31. The summed E-state index contributed by atoms with van der Waals surface area (Å²) in [7, 11) is 0. The monoisotopic (exact) mass is 416 g/mol. The summed E-state index contributed by atoms with van der Waals surface area (Å²) in [5, 5.41) is 10.4. The SMILES string of the molecule is O=C(O)c1nc(-c2ccc(Cl)c(F)c2)nc2c1ccn2Cc1ncccc1Cl. The molecule has 1 N–H and O–H groups in total. The molecule has 3 aromatic heterocycles. The number of hydrogen-bond donors (Lipinski definition) is 1. The summed E-state index contributed by atoms with van der Waals surface area (Å²) in [6, 6.07) is 9.11. The molecule has 3 heterocycles. The fraction of sp³-hybridized carbons (Fsp3) is 0.0526. The van der Waals surface area contributed by atoms with Gasteiger partial charge in [-0.2, -0.15) is 0 Å². The molecule has 0 atom stereocenters. The molecule has 0 saturated carbocycles. The maximum absolute atomic E-state index is 13.9. The molecular formula is C19H11Cl2FN4O2. The lowest BCUT2D eigenvalue weighted by atomic mass is 10.2. The average Bonchev–Trinajstić information content (AvgIpc) is 3.07. The highest BCUT2D eigenvalue weighted by Crippen LogP contribution is 2.26. The quantitative estimate of drug-likeness (QED) is 0.521. The van der Waals surface area contributed by atoms with Crippen LogP contribution >= 0.6 is 23.2 Å². The molecule has 0 aliphatic carbocycles. The highest BCUT2D eigenvalue weighted by Gasteiger charge is 2.19. The molecule has 0 spiro atoms. The minimum Gasteiger partial charge on any atom is -0.476 e. The molecule has 9 heteroatoms. The van der Waals surface area contributed by atoms with E-state index in [1.165, 1.54) is 12.1 Å². The van der Waals surface area contributed by atoms with Crippen molar-refractivity contribution in [2.24, 2.45) is 0 Å². The van der Waals surface area contributed by atoms with Gasteiger partial charge in [-0.3, -0.25) is 4.98 Å². The van der Waals surface area contributed by atoms with E-state index in [0.717, 1.165) is 6.07 Å². The van der Waals surface area contributed by atoms with E-state index < -0.39 is 11.8 Å². The van der Waals surface area contributed by atoms with Gasteiger partial charge in [0, 0.05) is 18.0 Å². The molecule has 1 aromatic carbocycles. The van der Waals surface area contributed by atoms with E-state index in [1.54, 1.807) is 35.2 Å². The molecule has 140 valence electrons. The third kappa shape index (κ3) is 3.30. The van der Waals surface area contributed by atoms with Gasteiger partial charge in [-0.1, -0.05) is 23.2 Å². The van der Waals surface area contributed by atoms with Crippen LogP contribution in [0.5, 0.6) is 0 Å². The number of aromatic carboxylic acids is 1. The van der Waals surface area contributed by atoms with Crippen LogP contribution in [0.25, 0.3) is 22.4 Å². The van der Waals surface area contributed by atoms with Crippen molar-refractivity contribution in [1.82, 2.24) is 19.5 Å². The summed E-state index contributed by atoms with van der Waals surface area (Å²) in [4.78, 5) is 24.5. The molecule has 0 aliphatic heterocycles. The Kier molecular flexibility index (Phi) is 4.70. The molecule has 0 unspecified atom stereocenters.